The third-order valence-corrected chi connectivity index (χ3v) is 4.35. The molecule has 3 aromatic rings. The van der Waals surface area contributed by atoms with E-state index in [-0.39, 0.29) is 5.91 Å². The van der Waals surface area contributed by atoms with E-state index in [4.69, 9.17) is 4.74 Å². The fraction of sp³-hybridized carbons (Fsp3) is 0.182. The van der Waals surface area contributed by atoms with Crippen molar-refractivity contribution in [2.75, 3.05) is 12.4 Å². The molecule has 0 bridgehead atoms. The molecule has 0 atom stereocenters. The van der Waals surface area contributed by atoms with Crippen molar-refractivity contribution in [1.82, 2.24) is 9.78 Å². The van der Waals surface area contributed by atoms with Gasteiger partial charge in [0.1, 0.15) is 5.75 Å². The average Bonchev–Trinajstić information content (AvgIpc) is 2.95. The zero-order valence-electron chi connectivity index (χ0n) is 15.8. The van der Waals surface area contributed by atoms with Crippen LogP contribution >= 0.6 is 0 Å². The van der Waals surface area contributed by atoms with Gasteiger partial charge in [-0.3, -0.25) is 9.48 Å². The van der Waals surface area contributed by atoms with E-state index in [9.17, 15) is 4.79 Å². The molecule has 1 heterocycles. The minimum Gasteiger partial charge on any atom is -0.497 e. The van der Waals surface area contributed by atoms with Crippen LogP contribution in [0.15, 0.2) is 60.7 Å². The predicted molar refractivity (Wildman–Crippen MR) is 108 cm³/mol. The number of aromatic nitrogens is 2. The van der Waals surface area contributed by atoms with Gasteiger partial charge in [0.25, 0.3) is 0 Å². The molecule has 3 rings (SSSR count). The fourth-order valence-electron chi connectivity index (χ4n) is 2.84. The van der Waals surface area contributed by atoms with Gasteiger partial charge < -0.3 is 10.1 Å². The molecule has 0 saturated heterocycles. The molecule has 27 heavy (non-hydrogen) atoms. The van der Waals surface area contributed by atoms with Gasteiger partial charge in [-0.2, -0.15) is 5.10 Å². The summed E-state index contributed by atoms with van der Waals surface area (Å²) in [6, 6.07) is 17.7. The van der Waals surface area contributed by atoms with E-state index in [1.165, 1.54) is 11.6 Å². The Kier molecular flexibility index (Phi) is 5.71. The number of nitrogens with zero attached hydrogens (tertiary/aromatic N) is 2. The average molecular weight is 361 g/mol. The first-order chi connectivity index (χ1) is 13.1. The maximum absolute atomic E-state index is 12.3. The summed E-state index contributed by atoms with van der Waals surface area (Å²) in [7, 11) is 1.63. The number of hydrogen-bond acceptors (Lipinski definition) is 3. The van der Waals surface area contributed by atoms with E-state index < -0.39 is 0 Å². The molecule has 0 aliphatic rings. The lowest BCUT2D eigenvalue weighted by Gasteiger charge is -2.06. The molecular weight excluding hydrogens is 338 g/mol. The SMILES string of the molecule is COc1ccc(/C=C/C(=O)Nc2c(C)nn(Cc3ccccc3)c2C)cc1. The van der Waals surface area contributed by atoms with Crippen LogP contribution in [0.2, 0.25) is 0 Å². The number of aryl methyl sites for hydroxylation is 1. The summed E-state index contributed by atoms with van der Waals surface area (Å²) in [5.74, 6) is 0.602. The normalized spacial score (nSPS) is 10.9. The lowest BCUT2D eigenvalue weighted by molar-refractivity contribution is -0.111. The highest BCUT2D eigenvalue weighted by atomic mass is 16.5. The summed E-state index contributed by atoms with van der Waals surface area (Å²) in [6.45, 7) is 4.54. The number of nitrogens with one attached hydrogen (secondary N) is 1. The number of methoxy groups -OCH3 is 1. The Labute approximate surface area is 159 Å². The second-order valence-corrected chi connectivity index (χ2v) is 6.28. The van der Waals surface area contributed by atoms with E-state index in [0.29, 0.717) is 6.54 Å². The van der Waals surface area contributed by atoms with Crippen LogP contribution in [0, 0.1) is 13.8 Å². The standard InChI is InChI=1S/C22H23N3O2/c1-16-22(17(2)25(24-16)15-19-7-5-4-6-8-19)23-21(26)14-11-18-9-12-20(27-3)13-10-18/h4-14H,15H2,1-3H3,(H,23,26)/b14-11+. The Morgan fingerprint density at radius 2 is 1.81 bits per heavy atom. The maximum Gasteiger partial charge on any atom is 0.248 e. The van der Waals surface area contributed by atoms with E-state index >= 15 is 0 Å². The van der Waals surface area contributed by atoms with Crippen LogP contribution in [-0.4, -0.2) is 22.8 Å². The zero-order valence-corrected chi connectivity index (χ0v) is 15.8. The molecular formula is C22H23N3O2. The summed E-state index contributed by atoms with van der Waals surface area (Å²) in [6.07, 6.45) is 3.29. The molecule has 0 unspecified atom stereocenters. The van der Waals surface area contributed by atoms with Gasteiger partial charge >= 0.3 is 0 Å². The Morgan fingerprint density at radius 1 is 1.11 bits per heavy atom. The van der Waals surface area contributed by atoms with Crippen LogP contribution in [0.1, 0.15) is 22.5 Å². The van der Waals surface area contributed by atoms with Crippen molar-refractivity contribution in [2.45, 2.75) is 20.4 Å². The van der Waals surface area contributed by atoms with Crippen molar-refractivity contribution in [3.05, 3.63) is 83.2 Å². The van der Waals surface area contributed by atoms with Crippen molar-refractivity contribution in [3.63, 3.8) is 0 Å². The number of ether oxygens (including phenoxy) is 1. The highest BCUT2D eigenvalue weighted by Gasteiger charge is 2.13. The molecule has 0 aliphatic carbocycles. The van der Waals surface area contributed by atoms with Crippen LogP contribution in [-0.2, 0) is 11.3 Å². The second kappa shape index (κ2) is 8.36. The van der Waals surface area contributed by atoms with Crippen molar-refractivity contribution < 1.29 is 9.53 Å². The largest absolute Gasteiger partial charge is 0.497 e. The number of amides is 1. The lowest BCUT2D eigenvalue weighted by atomic mass is 10.2. The van der Waals surface area contributed by atoms with Gasteiger partial charge in [-0.1, -0.05) is 42.5 Å². The summed E-state index contributed by atoms with van der Waals surface area (Å²) >= 11 is 0. The van der Waals surface area contributed by atoms with Crippen LogP contribution < -0.4 is 10.1 Å². The highest BCUT2D eigenvalue weighted by molar-refractivity contribution is 6.02. The van der Waals surface area contributed by atoms with Crippen molar-refractivity contribution in [3.8, 4) is 5.75 Å². The zero-order chi connectivity index (χ0) is 19.2. The van der Waals surface area contributed by atoms with E-state index in [1.54, 1.807) is 13.2 Å². The smallest absolute Gasteiger partial charge is 0.248 e. The molecule has 1 N–H and O–H groups in total. The molecule has 1 aromatic heterocycles. The summed E-state index contributed by atoms with van der Waals surface area (Å²) < 4.78 is 7.04. The molecule has 0 radical (unpaired) electrons. The van der Waals surface area contributed by atoms with Gasteiger partial charge in [-0.15, -0.1) is 0 Å². The van der Waals surface area contributed by atoms with Crippen LogP contribution in [0.25, 0.3) is 6.08 Å². The van der Waals surface area contributed by atoms with Gasteiger partial charge in [0.2, 0.25) is 5.91 Å². The van der Waals surface area contributed by atoms with Gasteiger partial charge in [0.05, 0.1) is 30.7 Å². The molecule has 0 fully saturated rings. The Bertz CT molecular complexity index is 942. The minimum atomic E-state index is -0.184. The monoisotopic (exact) mass is 361 g/mol. The fourth-order valence-corrected chi connectivity index (χ4v) is 2.84. The lowest BCUT2D eigenvalue weighted by Crippen LogP contribution is -2.10. The molecule has 1 amide bonds. The number of carbonyl (C=O) groups excluding carboxylic acids is 1. The molecule has 0 spiro atoms. The second-order valence-electron chi connectivity index (χ2n) is 6.28. The summed E-state index contributed by atoms with van der Waals surface area (Å²) in [5.41, 5.74) is 4.59. The third kappa shape index (κ3) is 4.64. The number of anilines is 1. The maximum atomic E-state index is 12.3. The van der Waals surface area contributed by atoms with E-state index in [1.807, 2.05) is 61.0 Å². The molecule has 138 valence electrons. The van der Waals surface area contributed by atoms with Crippen LogP contribution in [0.4, 0.5) is 5.69 Å². The summed E-state index contributed by atoms with van der Waals surface area (Å²) in [4.78, 5) is 12.3. The number of benzene rings is 2. The van der Waals surface area contributed by atoms with Gasteiger partial charge in [0, 0.05) is 6.08 Å². The van der Waals surface area contributed by atoms with Gasteiger partial charge in [-0.25, -0.2) is 0 Å². The first-order valence-electron chi connectivity index (χ1n) is 8.78. The topological polar surface area (TPSA) is 56.1 Å². The molecule has 0 aliphatic heterocycles. The Balaban J connectivity index is 1.69. The van der Waals surface area contributed by atoms with Crippen LogP contribution in [0.3, 0.4) is 0 Å². The molecule has 0 saturated carbocycles. The third-order valence-electron chi connectivity index (χ3n) is 4.35. The first kappa shape index (κ1) is 18.5. The highest BCUT2D eigenvalue weighted by Crippen LogP contribution is 2.20. The minimum absolute atomic E-state index is 0.184. The van der Waals surface area contributed by atoms with Gasteiger partial charge in [0.15, 0.2) is 0 Å². The molecule has 5 heteroatoms. The van der Waals surface area contributed by atoms with Crippen molar-refractivity contribution >= 4 is 17.7 Å². The Hall–Kier alpha value is -3.34. The predicted octanol–water partition coefficient (Wildman–Crippen LogP) is 4.21. The van der Waals surface area contributed by atoms with Crippen LogP contribution in [0.5, 0.6) is 5.75 Å². The molecule has 5 nitrogen and oxygen atoms in total. The quantitative estimate of drug-likeness (QED) is 0.669. The first-order valence-corrected chi connectivity index (χ1v) is 8.78. The number of rotatable bonds is 6. The van der Waals surface area contributed by atoms with E-state index in [0.717, 1.165) is 28.4 Å². The number of hydrogen-bond donors (Lipinski definition) is 1. The van der Waals surface area contributed by atoms with E-state index in [2.05, 4.69) is 22.5 Å². The Morgan fingerprint density at radius 3 is 2.48 bits per heavy atom. The summed E-state index contributed by atoms with van der Waals surface area (Å²) in [5, 5.41) is 7.50. The number of carbonyl (C=O) groups is 1. The van der Waals surface area contributed by atoms with Gasteiger partial charge in [-0.05, 0) is 43.2 Å². The molecule has 2 aromatic carbocycles. The van der Waals surface area contributed by atoms with Crippen molar-refractivity contribution in [1.29, 1.82) is 0 Å². The van der Waals surface area contributed by atoms with Crippen molar-refractivity contribution in [2.24, 2.45) is 0 Å².